The number of fused-ring (bicyclic) bond motifs is 1. The average molecular weight is 423 g/mol. The fraction of sp³-hybridized carbons (Fsp3) is 0.500. The molecule has 0 N–H and O–H groups in total. The van der Waals surface area contributed by atoms with Gasteiger partial charge >= 0.3 is 132 Å². The fourth-order valence-electron chi connectivity index (χ4n) is 2.36. The van der Waals surface area contributed by atoms with Crippen molar-refractivity contribution in [2.45, 2.75) is 49.8 Å². The molecule has 0 amide bonds. The van der Waals surface area contributed by atoms with Gasteiger partial charge < -0.3 is 24.8 Å². The van der Waals surface area contributed by atoms with Crippen LogP contribution in [0.4, 0.5) is 0 Å². The van der Waals surface area contributed by atoms with Crippen molar-refractivity contribution < 1.29 is 51.0 Å². The molecule has 0 fully saturated rings. The first-order chi connectivity index (χ1) is 8.79. The third kappa shape index (κ3) is 5.32. The SMILES string of the molecule is CC1=Cc2cc(C(C)(C)C)ccc2[CH]1[Zr+2][O][SiH](C)C.[Cl-].[Cl-]. The third-order valence-electron chi connectivity index (χ3n) is 3.52. The Labute approximate surface area is 155 Å². The molecule has 5 heteroatoms. The van der Waals surface area contributed by atoms with Crippen LogP contribution in [0.2, 0.25) is 13.1 Å². The standard InChI is InChI=1S/C14H17.C2H7OSi.2ClH.Zr/c1-10-7-11-5-6-13(14(2,3)4)9-12(11)8-10;1-4(2)3;;;/h5-9H,1-4H3;4H,1-2H3;2*1H;/q;-1;;;+3/p-2. The van der Waals surface area contributed by atoms with E-state index in [1.54, 1.807) is 0 Å². The Morgan fingerprint density at radius 2 is 1.76 bits per heavy atom. The smallest absolute Gasteiger partial charge is 1.00 e. The molecule has 1 aromatic rings. The van der Waals surface area contributed by atoms with Gasteiger partial charge in [-0.3, -0.25) is 0 Å². The van der Waals surface area contributed by atoms with E-state index in [-0.39, 0.29) is 30.2 Å². The summed E-state index contributed by atoms with van der Waals surface area (Å²) in [7, 11) is -0.857. The minimum absolute atomic E-state index is 0. The number of benzene rings is 1. The van der Waals surface area contributed by atoms with Gasteiger partial charge in [0.1, 0.15) is 0 Å². The molecule has 0 saturated heterocycles. The molecule has 1 unspecified atom stereocenters. The molecule has 0 saturated carbocycles. The third-order valence-corrected chi connectivity index (χ3v) is 11.1. The van der Waals surface area contributed by atoms with Crippen molar-refractivity contribution in [3.63, 3.8) is 0 Å². The van der Waals surface area contributed by atoms with E-state index in [1.165, 1.54) is 22.3 Å². The summed E-state index contributed by atoms with van der Waals surface area (Å²) < 4.78 is 6.76. The molecular formula is C16H24Cl2OSiZr. The molecule has 1 aromatic carbocycles. The fourth-order valence-corrected chi connectivity index (χ4v) is 7.40. The summed E-state index contributed by atoms with van der Waals surface area (Å²) in [6.45, 7) is 13.7. The van der Waals surface area contributed by atoms with Gasteiger partial charge in [-0.2, -0.15) is 0 Å². The molecular weight excluding hydrogens is 398 g/mol. The van der Waals surface area contributed by atoms with Gasteiger partial charge in [-0.15, -0.1) is 0 Å². The molecule has 1 aliphatic rings. The first-order valence-corrected chi connectivity index (χ1v) is 12.2. The van der Waals surface area contributed by atoms with Crippen molar-refractivity contribution in [2.24, 2.45) is 0 Å². The molecule has 0 aromatic heterocycles. The van der Waals surface area contributed by atoms with Crippen LogP contribution >= 0.6 is 0 Å². The van der Waals surface area contributed by atoms with E-state index in [2.05, 4.69) is 65.1 Å². The molecule has 0 radical (unpaired) electrons. The predicted molar refractivity (Wildman–Crippen MR) is 81.5 cm³/mol. The van der Waals surface area contributed by atoms with Crippen LogP contribution < -0.4 is 24.8 Å². The summed E-state index contributed by atoms with van der Waals surface area (Å²) in [5.41, 5.74) is 6.13. The number of allylic oxidation sites excluding steroid dienone is 1. The largest absolute Gasteiger partial charge is 1.00 e. The number of hydrogen-bond acceptors (Lipinski definition) is 1. The maximum Gasteiger partial charge on any atom is -1.00 e. The summed E-state index contributed by atoms with van der Waals surface area (Å²) >= 11 is -0.765. The second-order valence-electron chi connectivity index (χ2n) is 6.70. The van der Waals surface area contributed by atoms with Crippen molar-refractivity contribution in [1.82, 2.24) is 0 Å². The Bertz CT molecular complexity index is 509. The van der Waals surface area contributed by atoms with Crippen molar-refractivity contribution >= 4 is 15.1 Å². The number of rotatable bonds is 3. The Morgan fingerprint density at radius 1 is 1.14 bits per heavy atom. The molecule has 0 heterocycles. The predicted octanol–water partition coefficient (Wildman–Crippen LogP) is -1.55. The molecule has 1 nitrogen and oxygen atoms in total. The van der Waals surface area contributed by atoms with Crippen LogP contribution in [0, 0.1) is 0 Å². The van der Waals surface area contributed by atoms with E-state index in [9.17, 15) is 0 Å². The van der Waals surface area contributed by atoms with Crippen molar-refractivity contribution in [1.29, 1.82) is 0 Å². The van der Waals surface area contributed by atoms with E-state index in [0.29, 0.717) is 3.63 Å². The van der Waals surface area contributed by atoms with Crippen LogP contribution in [-0.2, 0) is 31.6 Å². The zero-order valence-electron chi connectivity index (χ0n) is 13.6. The minimum atomic E-state index is -0.857. The summed E-state index contributed by atoms with van der Waals surface area (Å²) in [6.07, 6.45) is 2.38. The van der Waals surface area contributed by atoms with Crippen molar-refractivity contribution in [3.05, 3.63) is 40.5 Å². The Balaban J connectivity index is 0.00000200. The molecule has 116 valence electrons. The first-order valence-electron chi connectivity index (χ1n) is 7.03. The maximum atomic E-state index is 6.12. The van der Waals surface area contributed by atoms with Gasteiger partial charge in [0.15, 0.2) is 0 Å². The van der Waals surface area contributed by atoms with E-state index in [4.69, 9.17) is 2.50 Å². The van der Waals surface area contributed by atoms with Crippen LogP contribution in [0.3, 0.4) is 0 Å². The topological polar surface area (TPSA) is 9.23 Å². The number of halogens is 2. The van der Waals surface area contributed by atoms with Gasteiger partial charge in [0.2, 0.25) is 0 Å². The number of hydrogen-bond donors (Lipinski definition) is 0. The zero-order valence-corrected chi connectivity index (χ0v) is 18.8. The van der Waals surface area contributed by atoms with E-state index >= 15 is 0 Å². The second kappa shape index (κ2) is 8.45. The van der Waals surface area contributed by atoms with Gasteiger partial charge in [-0.05, 0) is 0 Å². The van der Waals surface area contributed by atoms with E-state index in [0.717, 1.165) is 0 Å². The molecule has 0 bridgehead atoms. The summed E-state index contributed by atoms with van der Waals surface area (Å²) in [5, 5.41) is 0. The maximum absolute atomic E-state index is 6.12. The first kappa shape index (κ1) is 21.6. The Hall–Kier alpha value is 0.600. The van der Waals surface area contributed by atoms with Gasteiger partial charge in [0.25, 0.3) is 0 Å². The normalized spacial score (nSPS) is 16.5. The molecule has 1 aliphatic carbocycles. The minimum Gasteiger partial charge on any atom is -1.00 e. The molecule has 0 spiro atoms. The quantitative estimate of drug-likeness (QED) is 0.536. The average Bonchev–Trinajstić information content (AvgIpc) is 2.59. The van der Waals surface area contributed by atoms with Crippen LogP contribution in [0.1, 0.15) is 48.0 Å². The van der Waals surface area contributed by atoms with Crippen LogP contribution in [0.5, 0.6) is 0 Å². The van der Waals surface area contributed by atoms with Crippen molar-refractivity contribution in [2.75, 3.05) is 0 Å². The Kier molecular flexibility index (Phi) is 8.69. The molecule has 2 rings (SSSR count). The van der Waals surface area contributed by atoms with Crippen LogP contribution in [0.25, 0.3) is 6.08 Å². The van der Waals surface area contributed by atoms with Crippen LogP contribution in [-0.4, -0.2) is 9.04 Å². The van der Waals surface area contributed by atoms with E-state index in [1.807, 2.05) is 0 Å². The Morgan fingerprint density at radius 3 is 2.29 bits per heavy atom. The van der Waals surface area contributed by atoms with E-state index < -0.39 is 32.7 Å². The van der Waals surface area contributed by atoms with Crippen LogP contribution in [0.15, 0.2) is 23.8 Å². The molecule has 1 atom stereocenters. The van der Waals surface area contributed by atoms with Gasteiger partial charge in [-0.25, -0.2) is 0 Å². The monoisotopic (exact) mass is 420 g/mol. The summed E-state index contributed by atoms with van der Waals surface area (Å²) in [5.74, 6) is 0. The van der Waals surface area contributed by atoms with Gasteiger partial charge in [0.05, 0.1) is 0 Å². The van der Waals surface area contributed by atoms with Gasteiger partial charge in [0, 0.05) is 0 Å². The summed E-state index contributed by atoms with van der Waals surface area (Å²) in [4.78, 5) is 0. The molecule has 0 aliphatic heterocycles. The molecule has 21 heavy (non-hydrogen) atoms. The second-order valence-corrected chi connectivity index (χ2v) is 12.8. The van der Waals surface area contributed by atoms with Gasteiger partial charge in [-0.1, -0.05) is 0 Å². The zero-order chi connectivity index (χ0) is 14.2. The van der Waals surface area contributed by atoms with Crippen molar-refractivity contribution in [3.8, 4) is 0 Å². The summed E-state index contributed by atoms with van der Waals surface area (Å²) in [6, 6.07) is 7.04.